The lowest BCUT2D eigenvalue weighted by atomic mass is 10.2. The van der Waals surface area contributed by atoms with Crippen LogP contribution in [0.5, 0.6) is 0 Å². The number of esters is 1. The first-order valence-corrected chi connectivity index (χ1v) is 4.31. The van der Waals surface area contributed by atoms with Crippen molar-refractivity contribution >= 4 is 17.7 Å². The molecule has 90 valence electrons. The largest absolute Gasteiger partial charge is 0.409 e. The van der Waals surface area contributed by atoms with Crippen molar-refractivity contribution in [2.75, 3.05) is 0 Å². The van der Waals surface area contributed by atoms with Crippen molar-refractivity contribution in [3.05, 3.63) is 0 Å². The maximum atomic E-state index is 11.0. The average molecular weight is 234 g/mol. The predicted octanol–water partition coefficient (Wildman–Crippen LogP) is -2.22. The fraction of sp³-hybridized carbons (Fsp3) is 0.625. The lowest BCUT2D eigenvalue weighted by Crippen LogP contribution is -2.50. The molecule has 0 bridgehead atoms. The van der Waals surface area contributed by atoms with Crippen LogP contribution in [0.25, 0.3) is 0 Å². The Hall–Kier alpha value is -1.51. The van der Waals surface area contributed by atoms with Gasteiger partial charge in [0, 0.05) is 6.42 Å². The minimum Gasteiger partial charge on any atom is -0.409 e. The van der Waals surface area contributed by atoms with E-state index in [0.717, 1.165) is 0 Å². The minimum atomic E-state index is -3.45. The fourth-order valence-corrected chi connectivity index (χ4v) is 0.865. The second kappa shape index (κ2) is 3.81. The summed E-state index contributed by atoms with van der Waals surface area (Å²) >= 11 is 0. The molecule has 0 aromatic carbocycles. The van der Waals surface area contributed by atoms with Crippen LogP contribution in [-0.4, -0.2) is 44.8 Å². The topological polar surface area (TPSA) is 134 Å². The summed E-state index contributed by atoms with van der Waals surface area (Å²) in [4.78, 5) is 32.0. The van der Waals surface area contributed by atoms with Gasteiger partial charge in [0.15, 0.2) is 0 Å². The van der Waals surface area contributed by atoms with Crippen molar-refractivity contribution in [1.29, 1.82) is 0 Å². The molecule has 1 fully saturated rings. The zero-order valence-electron chi connectivity index (χ0n) is 8.30. The van der Waals surface area contributed by atoms with Crippen LogP contribution in [0.2, 0.25) is 0 Å². The molecule has 8 nitrogen and oxygen atoms in total. The molecule has 3 N–H and O–H groups in total. The van der Waals surface area contributed by atoms with Crippen molar-refractivity contribution < 1.29 is 39.2 Å². The smallest absolute Gasteiger partial charge is 0.407 e. The van der Waals surface area contributed by atoms with Gasteiger partial charge in [-0.25, -0.2) is 4.79 Å². The summed E-state index contributed by atoms with van der Waals surface area (Å²) in [6, 6.07) is 0. The first-order chi connectivity index (χ1) is 7.19. The number of hydrogen-bond donors (Lipinski definition) is 3. The predicted molar refractivity (Wildman–Crippen MR) is 44.2 cm³/mol. The molecule has 1 saturated heterocycles. The monoisotopic (exact) mass is 234 g/mol. The van der Waals surface area contributed by atoms with Crippen LogP contribution in [0.3, 0.4) is 0 Å². The van der Waals surface area contributed by atoms with E-state index in [4.69, 9.17) is 15.3 Å². The van der Waals surface area contributed by atoms with Gasteiger partial charge >= 0.3 is 23.7 Å². The highest BCUT2D eigenvalue weighted by atomic mass is 16.9. The van der Waals surface area contributed by atoms with E-state index >= 15 is 0 Å². The Morgan fingerprint density at radius 2 is 1.94 bits per heavy atom. The number of Topliss-reactive ketones (excluding diaryl/α,β-unsaturated/α-hetero) is 1. The number of ether oxygens (including phenoxy) is 2. The summed E-state index contributed by atoms with van der Waals surface area (Å²) < 4.78 is 7.88. The van der Waals surface area contributed by atoms with Crippen molar-refractivity contribution in [3.63, 3.8) is 0 Å². The molecule has 1 heterocycles. The molecule has 16 heavy (non-hydrogen) atoms. The summed E-state index contributed by atoms with van der Waals surface area (Å²) in [5.74, 6) is -9.15. The molecule has 0 aromatic heterocycles. The molecule has 0 saturated carbocycles. The molecule has 0 aliphatic carbocycles. The lowest BCUT2D eigenvalue weighted by Gasteiger charge is -2.20. The zero-order valence-corrected chi connectivity index (χ0v) is 8.30. The summed E-state index contributed by atoms with van der Waals surface area (Å²) in [5, 5.41) is 27.1. The third-order valence-electron chi connectivity index (χ3n) is 1.85. The molecule has 1 unspecified atom stereocenters. The maximum absolute atomic E-state index is 11.0. The van der Waals surface area contributed by atoms with Crippen molar-refractivity contribution in [2.24, 2.45) is 0 Å². The van der Waals surface area contributed by atoms with Gasteiger partial charge in [0.2, 0.25) is 0 Å². The Labute approximate surface area is 89.4 Å². The first-order valence-electron chi connectivity index (χ1n) is 4.31. The van der Waals surface area contributed by atoms with E-state index < -0.39 is 30.1 Å². The normalized spacial score (nSPS) is 23.6. The second-order valence-electron chi connectivity index (χ2n) is 3.32. The minimum absolute atomic E-state index is 0.151. The Morgan fingerprint density at radius 3 is 2.31 bits per heavy atom. The number of rotatable bonds is 5. The van der Waals surface area contributed by atoms with E-state index in [0.29, 0.717) is 0 Å². The van der Waals surface area contributed by atoms with Gasteiger partial charge in [0.05, 0.1) is 6.42 Å². The molecule has 1 atom stereocenters. The van der Waals surface area contributed by atoms with Crippen LogP contribution in [-0.2, 0) is 23.9 Å². The van der Waals surface area contributed by atoms with Crippen LogP contribution in [0.1, 0.15) is 19.8 Å². The quantitative estimate of drug-likeness (QED) is 0.277. The Balaban J connectivity index is 2.50. The van der Waals surface area contributed by atoms with Gasteiger partial charge in [-0.1, -0.05) is 0 Å². The maximum Gasteiger partial charge on any atom is 0.407 e. The van der Waals surface area contributed by atoms with Crippen molar-refractivity contribution in [2.45, 2.75) is 31.5 Å². The van der Waals surface area contributed by atoms with Gasteiger partial charge in [-0.15, -0.1) is 0 Å². The zero-order chi connectivity index (χ0) is 12.6. The second-order valence-corrected chi connectivity index (χ2v) is 3.32. The van der Waals surface area contributed by atoms with Crippen molar-refractivity contribution in [1.82, 2.24) is 0 Å². The van der Waals surface area contributed by atoms with Crippen LogP contribution in [0, 0.1) is 0 Å². The van der Waals surface area contributed by atoms with Gasteiger partial charge in [0.1, 0.15) is 5.78 Å². The van der Waals surface area contributed by atoms with E-state index in [9.17, 15) is 14.4 Å². The average Bonchev–Trinajstić information content (AvgIpc) is 2.72. The van der Waals surface area contributed by atoms with E-state index in [-0.39, 0.29) is 12.2 Å². The molecule has 8 heteroatoms. The molecular weight excluding hydrogens is 224 g/mol. The highest BCUT2D eigenvalue weighted by Gasteiger charge is 2.75. The van der Waals surface area contributed by atoms with E-state index in [1.165, 1.54) is 6.92 Å². The summed E-state index contributed by atoms with van der Waals surface area (Å²) in [6.45, 7) is 1.24. The van der Waals surface area contributed by atoms with E-state index in [1.54, 1.807) is 0 Å². The number of cyclic esters (lactones) is 1. The molecule has 1 aliphatic rings. The number of carbonyl (C=O) groups is 3. The SMILES string of the molecule is CC(=O)CCC(=O)OC(O)(O)C1(O)OC1=O. The van der Waals surface area contributed by atoms with Crippen LogP contribution >= 0.6 is 0 Å². The highest BCUT2D eigenvalue weighted by molar-refractivity contribution is 5.92. The summed E-state index contributed by atoms with van der Waals surface area (Å²) in [5.41, 5.74) is 0. The van der Waals surface area contributed by atoms with Gasteiger partial charge in [0.25, 0.3) is 0 Å². The van der Waals surface area contributed by atoms with E-state index in [2.05, 4.69) is 9.47 Å². The molecule has 1 rings (SSSR count). The van der Waals surface area contributed by atoms with Gasteiger partial charge in [-0.05, 0) is 6.92 Å². The first kappa shape index (κ1) is 12.6. The Bertz CT molecular complexity index is 346. The van der Waals surface area contributed by atoms with Gasteiger partial charge < -0.3 is 29.6 Å². The molecular formula is C8H10O8. The Kier molecular flexibility index (Phi) is 2.99. The van der Waals surface area contributed by atoms with Crippen molar-refractivity contribution in [3.8, 4) is 0 Å². The van der Waals surface area contributed by atoms with Crippen LogP contribution in [0.15, 0.2) is 0 Å². The number of carbonyl (C=O) groups excluding carboxylic acids is 3. The molecule has 0 radical (unpaired) electrons. The standard InChI is InChI=1S/C8H10O8/c1-4(9)2-3-5(10)15-8(13,14)7(12)6(11)16-7/h12-14H,2-3H2,1H3. The summed E-state index contributed by atoms with van der Waals surface area (Å²) in [6.07, 6.45) is -0.551. The Morgan fingerprint density at radius 1 is 1.44 bits per heavy atom. The van der Waals surface area contributed by atoms with Crippen LogP contribution < -0.4 is 0 Å². The lowest BCUT2D eigenvalue weighted by molar-refractivity contribution is -0.385. The number of aliphatic hydroxyl groups is 3. The summed E-state index contributed by atoms with van der Waals surface area (Å²) in [7, 11) is 0. The number of ketones is 1. The molecule has 0 aromatic rings. The molecule has 1 aliphatic heterocycles. The highest BCUT2D eigenvalue weighted by Crippen LogP contribution is 2.36. The van der Waals surface area contributed by atoms with Gasteiger partial charge in [-0.2, -0.15) is 0 Å². The fourth-order valence-electron chi connectivity index (χ4n) is 0.865. The molecule has 0 amide bonds. The van der Waals surface area contributed by atoms with Gasteiger partial charge in [-0.3, -0.25) is 4.79 Å². The molecule has 0 spiro atoms. The van der Waals surface area contributed by atoms with Crippen LogP contribution in [0.4, 0.5) is 0 Å². The van der Waals surface area contributed by atoms with E-state index in [1.807, 2.05) is 0 Å². The number of hydrogen-bond acceptors (Lipinski definition) is 8. The third-order valence-corrected chi connectivity index (χ3v) is 1.85. The third kappa shape index (κ3) is 2.35. The number of epoxide rings is 1.